The van der Waals surface area contributed by atoms with Crippen molar-refractivity contribution in [2.75, 3.05) is 44.9 Å². The van der Waals surface area contributed by atoms with E-state index in [1.807, 2.05) is 24.3 Å². The normalized spacial score (nSPS) is 26.9. The van der Waals surface area contributed by atoms with Crippen LogP contribution in [0.3, 0.4) is 0 Å². The van der Waals surface area contributed by atoms with E-state index in [4.69, 9.17) is 19.4 Å². The van der Waals surface area contributed by atoms with Gasteiger partial charge in [0, 0.05) is 50.1 Å². The van der Waals surface area contributed by atoms with Crippen molar-refractivity contribution in [2.24, 2.45) is 0 Å². The third kappa shape index (κ3) is 4.58. The molecule has 0 saturated carbocycles. The zero-order chi connectivity index (χ0) is 29.1. The molecule has 10 heteroatoms. The van der Waals surface area contributed by atoms with Crippen molar-refractivity contribution in [1.82, 2.24) is 25.2 Å². The maximum atomic E-state index is 16.7. The first-order valence-corrected chi connectivity index (χ1v) is 15.5. The molecule has 9 nitrogen and oxygen atoms in total. The minimum Gasteiger partial charge on any atom is -0.508 e. The molecule has 4 fully saturated rings. The van der Waals surface area contributed by atoms with E-state index in [1.54, 1.807) is 25.4 Å². The number of rotatable bonds is 7. The molecule has 2 N–H and O–H groups in total. The standard InChI is InChI=1S/C33H37FN6O3/c1-42-18-23-9-11-33(10-4-12-40(23)33)19-43-32-37-30-27(31(38-32)39-16-21-7-8-22(17-39)36-21)15-35-29(28(30)34)26-14-24(41)13-20-5-2-3-6-25(20)26/h2-3,5-6,13-15,21-23,36,41H,4,7-12,16-19H2,1H3/t21-,22+,23?,33?. The van der Waals surface area contributed by atoms with E-state index in [2.05, 4.69) is 20.1 Å². The fourth-order valence-electron chi connectivity index (χ4n) is 8.16. The number of aromatic hydroxyl groups is 1. The van der Waals surface area contributed by atoms with Crippen molar-refractivity contribution < 1.29 is 19.0 Å². The Bertz CT molecular complexity index is 1690. The van der Waals surface area contributed by atoms with Crippen molar-refractivity contribution in [2.45, 2.75) is 62.2 Å². The molecular formula is C33H37FN6O3. The van der Waals surface area contributed by atoms with Crippen molar-refractivity contribution in [3.8, 4) is 23.0 Å². The summed E-state index contributed by atoms with van der Waals surface area (Å²) < 4.78 is 28.6. The average molecular weight is 585 g/mol. The Labute approximate surface area is 250 Å². The molecule has 224 valence electrons. The first-order valence-electron chi connectivity index (χ1n) is 15.5. The number of anilines is 1. The lowest BCUT2D eigenvalue weighted by atomic mass is 9.95. The molecule has 8 rings (SSSR count). The molecule has 4 atom stereocenters. The third-order valence-electron chi connectivity index (χ3n) is 10.1. The number of phenols is 1. The molecule has 2 aromatic carbocycles. The van der Waals surface area contributed by atoms with Gasteiger partial charge in [0.25, 0.3) is 0 Å². The van der Waals surface area contributed by atoms with Gasteiger partial charge in [-0.3, -0.25) is 9.88 Å². The number of fused-ring (bicyclic) bond motifs is 5. The zero-order valence-electron chi connectivity index (χ0n) is 24.4. The minimum absolute atomic E-state index is 0.0578. The summed E-state index contributed by atoms with van der Waals surface area (Å²) in [6.07, 6.45) is 8.22. The van der Waals surface area contributed by atoms with Crippen LogP contribution in [0.5, 0.6) is 11.8 Å². The summed E-state index contributed by atoms with van der Waals surface area (Å²) in [6, 6.07) is 12.2. The smallest absolute Gasteiger partial charge is 0.319 e. The molecule has 2 bridgehead atoms. The zero-order valence-corrected chi connectivity index (χ0v) is 24.4. The Morgan fingerprint density at radius 3 is 2.74 bits per heavy atom. The van der Waals surface area contributed by atoms with Crippen molar-refractivity contribution in [3.05, 3.63) is 48.4 Å². The van der Waals surface area contributed by atoms with Crippen LogP contribution in [0.15, 0.2) is 42.6 Å². The summed E-state index contributed by atoms with van der Waals surface area (Å²) in [6.45, 7) is 3.79. The number of halogens is 1. The second-order valence-electron chi connectivity index (χ2n) is 12.7. The molecule has 4 aliphatic heterocycles. The number of hydrogen-bond acceptors (Lipinski definition) is 9. The predicted octanol–water partition coefficient (Wildman–Crippen LogP) is 4.65. The molecular weight excluding hydrogens is 547 g/mol. The van der Waals surface area contributed by atoms with Crippen LogP contribution in [0.25, 0.3) is 32.9 Å². The number of hydrogen-bond donors (Lipinski definition) is 2. The van der Waals surface area contributed by atoms with Gasteiger partial charge in [0.1, 0.15) is 29.4 Å². The van der Waals surface area contributed by atoms with Crippen LogP contribution in [0.4, 0.5) is 10.2 Å². The van der Waals surface area contributed by atoms with Crippen LogP contribution in [0.1, 0.15) is 38.5 Å². The molecule has 0 spiro atoms. The molecule has 0 aliphatic carbocycles. The quantitative estimate of drug-likeness (QED) is 0.322. The van der Waals surface area contributed by atoms with E-state index >= 15 is 4.39 Å². The SMILES string of the molecule is COCC1CCC2(COc3nc(N4C[C@H]5CC[C@@H](C4)N5)c4cnc(-c5cc(O)cc6ccccc56)c(F)c4n3)CCCN12. The Kier molecular flexibility index (Phi) is 6.61. The second-order valence-corrected chi connectivity index (χ2v) is 12.7. The van der Waals surface area contributed by atoms with Crippen LogP contribution in [0, 0.1) is 5.82 Å². The number of piperazine rings is 1. The fourth-order valence-corrected chi connectivity index (χ4v) is 8.16. The van der Waals surface area contributed by atoms with E-state index < -0.39 is 5.82 Å². The number of nitrogens with zero attached hydrogens (tertiary/aromatic N) is 5. The highest BCUT2D eigenvalue weighted by atomic mass is 19.1. The largest absolute Gasteiger partial charge is 0.508 e. The first kappa shape index (κ1) is 27.0. The van der Waals surface area contributed by atoms with Crippen molar-refractivity contribution >= 4 is 27.5 Å². The molecule has 2 unspecified atom stereocenters. The highest BCUT2D eigenvalue weighted by molar-refractivity contribution is 5.99. The summed E-state index contributed by atoms with van der Waals surface area (Å²) >= 11 is 0. The summed E-state index contributed by atoms with van der Waals surface area (Å²) in [5, 5.41) is 16.3. The van der Waals surface area contributed by atoms with E-state index in [0.717, 1.165) is 68.9 Å². The maximum Gasteiger partial charge on any atom is 0.319 e. The molecule has 0 amide bonds. The molecule has 4 saturated heterocycles. The molecule has 4 aromatic rings. The average Bonchev–Trinajstić information content (AvgIpc) is 3.69. The molecule has 43 heavy (non-hydrogen) atoms. The third-order valence-corrected chi connectivity index (χ3v) is 10.1. The predicted molar refractivity (Wildman–Crippen MR) is 163 cm³/mol. The van der Waals surface area contributed by atoms with Gasteiger partial charge in [-0.25, -0.2) is 4.39 Å². The van der Waals surface area contributed by atoms with Crippen LogP contribution in [-0.4, -0.2) is 88.6 Å². The van der Waals surface area contributed by atoms with Crippen molar-refractivity contribution in [1.29, 1.82) is 0 Å². The summed E-state index contributed by atoms with van der Waals surface area (Å²) in [5.74, 6) is 0.186. The fraction of sp³-hybridized carbons (Fsp3) is 0.485. The Morgan fingerprint density at radius 2 is 1.91 bits per heavy atom. The molecule has 4 aliphatic rings. The number of pyridine rings is 1. The van der Waals surface area contributed by atoms with Gasteiger partial charge in [-0.2, -0.15) is 9.97 Å². The Balaban J connectivity index is 1.22. The number of ether oxygens (including phenoxy) is 2. The van der Waals surface area contributed by atoms with Gasteiger partial charge in [0.05, 0.1) is 17.5 Å². The Hall–Kier alpha value is -3.60. The van der Waals surface area contributed by atoms with Gasteiger partial charge in [-0.1, -0.05) is 24.3 Å². The lowest BCUT2D eigenvalue weighted by molar-refractivity contribution is 0.0521. The number of benzene rings is 2. The van der Waals surface area contributed by atoms with Gasteiger partial charge in [-0.05, 0) is 68.0 Å². The van der Waals surface area contributed by atoms with E-state index in [9.17, 15) is 5.11 Å². The summed E-state index contributed by atoms with van der Waals surface area (Å²) in [4.78, 5) is 19.0. The van der Waals surface area contributed by atoms with Gasteiger partial charge in [0.2, 0.25) is 0 Å². The number of methoxy groups -OCH3 is 1. The first-order chi connectivity index (χ1) is 21.0. The van der Waals surface area contributed by atoms with E-state index in [-0.39, 0.29) is 28.5 Å². The highest BCUT2D eigenvalue weighted by Crippen LogP contribution is 2.43. The summed E-state index contributed by atoms with van der Waals surface area (Å²) in [5.41, 5.74) is 0.786. The molecule has 2 aromatic heterocycles. The van der Waals surface area contributed by atoms with Crippen LogP contribution < -0.4 is 15.0 Å². The summed E-state index contributed by atoms with van der Waals surface area (Å²) in [7, 11) is 1.76. The van der Waals surface area contributed by atoms with Crippen LogP contribution >= 0.6 is 0 Å². The number of nitrogens with one attached hydrogen (secondary N) is 1. The number of aromatic nitrogens is 3. The monoisotopic (exact) mass is 584 g/mol. The van der Waals surface area contributed by atoms with E-state index in [0.29, 0.717) is 48.1 Å². The molecule has 6 heterocycles. The lowest BCUT2D eigenvalue weighted by Crippen LogP contribution is -2.51. The van der Waals surface area contributed by atoms with Crippen LogP contribution in [0.2, 0.25) is 0 Å². The minimum atomic E-state index is -0.540. The van der Waals surface area contributed by atoms with Crippen LogP contribution in [-0.2, 0) is 4.74 Å². The van der Waals surface area contributed by atoms with Gasteiger partial charge in [0.15, 0.2) is 5.82 Å². The lowest BCUT2D eigenvalue weighted by Gasteiger charge is -2.35. The Morgan fingerprint density at radius 1 is 1.07 bits per heavy atom. The van der Waals surface area contributed by atoms with Gasteiger partial charge in [-0.15, -0.1) is 0 Å². The van der Waals surface area contributed by atoms with Crippen molar-refractivity contribution in [3.63, 3.8) is 0 Å². The van der Waals surface area contributed by atoms with Gasteiger partial charge >= 0.3 is 6.01 Å². The van der Waals surface area contributed by atoms with Gasteiger partial charge < -0.3 is 24.8 Å². The maximum absolute atomic E-state index is 16.7. The topological polar surface area (TPSA) is 95.9 Å². The highest BCUT2D eigenvalue weighted by Gasteiger charge is 2.49. The number of phenolic OH excluding ortho intramolecular Hbond substituents is 1. The molecule has 0 radical (unpaired) electrons. The second kappa shape index (κ2) is 10.5. The van der Waals surface area contributed by atoms with E-state index in [1.165, 1.54) is 0 Å².